The summed E-state index contributed by atoms with van der Waals surface area (Å²) in [5.41, 5.74) is 1.12. The van der Waals surface area contributed by atoms with Crippen LogP contribution in [0.5, 0.6) is 0 Å². The third-order valence-corrected chi connectivity index (χ3v) is 2.57. The summed E-state index contributed by atoms with van der Waals surface area (Å²) in [5, 5.41) is 3.19. The summed E-state index contributed by atoms with van der Waals surface area (Å²) in [7, 11) is 1.53. The minimum absolute atomic E-state index is 0.0282. The number of methoxy groups -OCH3 is 1. The lowest BCUT2D eigenvalue weighted by Crippen LogP contribution is -2.03. The van der Waals surface area contributed by atoms with Crippen LogP contribution < -0.4 is 5.32 Å². The first-order chi connectivity index (χ1) is 8.67. The number of nitrogens with one attached hydrogen (secondary N) is 1. The molecule has 0 bridgehead atoms. The number of nitrogens with zero attached hydrogens (tertiary/aromatic N) is 1. The highest BCUT2D eigenvalue weighted by Gasteiger charge is 2.13. The van der Waals surface area contributed by atoms with Gasteiger partial charge in [0, 0.05) is 19.3 Å². The third-order valence-electron chi connectivity index (χ3n) is 2.57. The molecule has 2 rings (SSSR count). The molecule has 0 spiro atoms. The van der Waals surface area contributed by atoms with Crippen molar-refractivity contribution in [2.45, 2.75) is 13.5 Å². The number of rotatable bonds is 4. The van der Waals surface area contributed by atoms with Crippen molar-refractivity contribution in [3.63, 3.8) is 0 Å². The third kappa shape index (κ3) is 2.26. The molecule has 0 aliphatic heterocycles. The van der Waals surface area contributed by atoms with Gasteiger partial charge in [0.25, 0.3) is 0 Å². The van der Waals surface area contributed by atoms with Crippen molar-refractivity contribution in [2.24, 2.45) is 0 Å². The average molecular weight is 252 g/mol. The number of ether oxygens (including phenoxy) is 1. The zero-order chi connectivity index (χ0) is 13.1. The van der Waals surface area contributed by atoms with E-state index in [0.29, 0.717) is 17.9 Å². The Hall–Kier alpha value is -1.75. The highest BCUT2D eigenvalue weighted by atomic mass is 19.1. The zero-order valence-electron chi connectivity index (χ0n) is 10.3. The molecule has 0 aliphatic carbocycles. The first kappa shape index (κ1) is 12.7. The molecule has 0 saturated heterocycles. The summed E-state index contributed by atoms with van der Waals surface area (Å²) >= 11 is 0. The minimum Gasteiger partial charge on any atom is -0.385 e. The summed E-state index contributed by atoms with van der Waals surface area (Å²) in [6, 6.07) is 3.87. The van der Waals surface area contributed by atoms with Crippen molar-refractivity contribution in [1.82, 2.24) is 4.98 Å². The maximum Gasteiger partial charge on any atom is 0.149 e. The number of aromatic nitrogens is 1. The van der Waals surface area contributed by atoms with E-state index < -0.39 is 11.6 Å². The van der Waals surface area contributed by atoms with Crippen LogP contribution in [0.2, 0.25) is 0 Å². The number of hydrogen-bond donors (Lipinski definition) is 1. The molecule has 1 aromatic carbocycles. The molecule has 18 heavy (non-hydrogen) atoms. The fraction of sp³-hybridized carbons (Fsp3) is 0.308. The van der Waals surface area contributed by atoms with Gasteiger partial charge in [0.1, 0.15) is 17.2 Å². The number of halogens is 2. The minimum atomic E-state index is -0.538. The smallest absolute Gasteiger partial charge is 0.149 e. The van der Waals surface area contributed by atoms with Gasteiger partial charge in [-0.25, -0.2) is 13.8 Å². The lowest BCUT2D eigenvalue weighted by Gasteiger charge is -2.11. The Bertz CT molecular complexity index is 572. The Morgan fingerprint density at radius 1 is 1.28 bits per heavy atom. The normalized spacial score (nSPS) is 10.9. The molecule has 2 aromatic rings. The maximum atomic E-state index is 13.8. The van der Waals surface area contributed by atoms with E-state index in [1.165, 1.54) is 7.11 Å². The van der Waals surface area contributed by atoms with Crippen LogP contribution in [0, 0.1) is 11.6 Å². The number of anilines is 1. The van der Waals surface area contributed by atoms with Gasteiger partial charge >= 0.3 is 0 Å². The molecule has 1 N–H and O–H groups in total. The topological polar surface area (TPSA) is 34.1 Å². The van der Waals surface area contributed by atoms with Crippen LogP contribution in [-0.2, 0) is 11.3 Å². The Morgan fingerprint density at radius 2 is 2.00 bits per heavy atom. The quantitative estimate of drug-likeness (QED) is 0.908. The molecule has 0 radical (unpaired) electrons. The first-order valence-corrected chi connectivity index (χ1v) is 5.67. The van der Waals surface area contributed by atoms with Crippen molar-refractivity contribution in [3.05, 3.63) is 35.5 Å². The van der Waals surface area contributed by atoms with Gasteiger partial charge in [-0.1, -0.05) is 0 Å². The molecule has 0 fully saturated rings. The molecule has 1 heterocycles. The summed E-state index contributed by atoms with van der Waals surface area (Å²) in [6.07, 6.45) is 0. The molecule has 5 heteroatoms. The molecule has 0 aliphatic rings. The van der Waals surface area contributed by atoms with E-state index in [4.69, 9.17) is 4.74 Å². The molecular weight excluding hydrogens is 238 g/mol. The highest BCUT2D eigenvalue weighted by molar-refractivity contribution is 5.92. The predicted molar refractivity (Wildman–Crippen MR) is 66.5 cm³/mol. The van der Waals surface area contributed by atoms with Gasteiger partial charge in [-0.05, 0) is 25.1 Å². The van der Waals surface area contributed by atoms with Crippen LogP contribution in [-0.4, -0.2) is 18.6 Å². The second-order valence-electron chi connectivity index (χ2n) is 3.88. The molecule has 3 nitrogen and oxygen atoms in total. The van der Waals surface area contributed by atoms with Crippen molar-refractivity contribution in [1.29, 1.82) is 0 Å². The van der Waals surface area contributed by atoms with Crippen molar-refractivity contribution in [2.75, 3.05) is 19.0 Å². The number of fused-ring (bicyclic) bond motifs is 1. The molecule has 0 amide bonds. The average Bonchev–Trinajstić information content (AvgIpc) is 2.34. The summed E-state index contributed by atoms with van der Waals surface area (Å²) in [4.78, 5) is 4.09. The lowest BCUT2D eigenvalue weighted by atomic mass is 10.1. The Labute approximate surface area is 104 Å². The Kier molecular flexibility index (Phi) is 3.72. The van der Waals surface area contributed by atoms with E-state index in [1.807, 2.05) is 6.92 Å². The number of pyridine rings is 1. The van der Waals surface area contributed by atoms with Gasteiger partial charge in [-0.3, -0.25) is 0 Å². The Balaban J connectivity index is 2.72. The lowest BCUT2D eigenvalue weighted by molar-refractivity contribution is 0.182. The van der Waals surface area contributed by atoms with Crippen LogP contribution in [0.3, 0.4) is 0 Å². The second kappa shape index (κ2) is 5.27. The largest absolute Gasteiger partial charge is 0.385 e. The standard InChI is InChI=1S/C13H14F2N2O/c1-3-16-11-6-8(7-18-2)17-13-10(15)5-4-9(14)12(11)13/h4-6H,3,7H2,1-2H3,(H,16,17). The molecule has 96 valence electrons. The van der Waals surface area contributed by atoms with Crippen LogP contribution in [0.15, 0.2) is 18.2 Å². The van der Waals surface area contributed by atoms with Crippen LogP contribution in [0.4, 0.5) is 14.5 Å². The van der Waals surface area contributed by atoms with Gasteiger partial charge < -0.3 is 10.1 Å². The van der Waals surface area contributed by atoms with Crippen LogP contribution >= 0.6 is 0 Å². The van der Waals surface area contributed by atoms with Gasteiger partial charge in [-0.2, -0.15) is 0 Å². The van der Waals surface area contributed by atoms with Crippen LogP contribution in [0.1, 0.15) is 12.6 Å². The summed E-state index contributed by atoms with van der Waals surface area (Å²) in [5.74, 6) is -1.03. The van der Waals surface area contributed by atoms with E-state index in [1.54, 1.807) is 6.07 Å². The first-order valence-electron chi connectivity index (χ1n) is 5.67. The predicted octanol–water partition coefficient (Wildman–Crippen LogP) is 3.09. The highest BCUT2D eigenvalue weighted by Crippen LogP contribution is 2.28. The van der Waals surface area contributed by atoms with Gasteiger partial charge in [0.2, 0.25) is 0 Å². The number of benzene rings is 1. The molecular formula is C13H14F2N2O. The summed E-state index contributed by atoms with van der Waals surface area (Å²) in [6.45, 7) is 2.76. The maximum absolute atomic E-state index is 13.8. The van der Waals surface area contributed by atoms with E-state index in [-0.39, 0.29) is 17.5 Å². The molecule has 0 saturated carbocycles. The molecule has 0 atom stereocenters. The monoisotopic (exact) mass is 252 g/mol. The van der Waals surface area contributed by atoms with Crippen LogP contribution in [0.25, 0.3) is 10.9 Å². The van der Waals surface area contributed by atoms with E-state index in [9.17, 15) is 8.78 Å². The van der Waals surface area contributed by atoms with Gasteiger partial charge in [-0.15, -0.1) is 0 Å². The SMILES string of the molecule is CCNc1cc(COC)nc2c(F)ccc(F)c12. The Morgan fingerprint density at radius 3 is 2.67 bits per heavy atom. The zero-order valence-corrected chi connectivity index (χ0v) is 10.3. The fourth-order valence-corrected chi connectivity index (χ4v) is 1.87. The molecule has 1 aromatic heterocycles. The van der Waals surface area contributed by atoms with Crippen molar-refractivity contribution < 1.29 is 13.5 Å². The van der Waals surface area contributed by atoms with Gasteiger partial charge in [0.15, 0.2) is 0 Å². The fourth-order valence-electron chi connectivity index (χ4n) is 1.87. The van der Waals surface area contributed by atoms with Crippen molar-refractivity contribution >= 4 is 16.6 Å². The summed E-state index contributed by atoms with van der Waals surface area (Å²) < 4.78 is 32.5. The van der Waals surface area contributed by atoms with E-state index in [2.05, 4.69) is 10.3 Å². The van der Waals surface area contributed by atoms with E-state index in [0.717, 1.165) is 12.1 Å². The number of hydrogen-bond acceptors (Lipinski definition) is 3. The second-order valence-corrected chi connectivity index (χ2v) is 3.88. The van der Waals surface area contributed by atoms with E-state index >= 15 is 0 Å². The van der Waals surface area contributed by atoms with Gasteiger partial charge in [0.05, 0.1) is 17.7 Å². The molecule has 0 unspecified atom stereocenters. The van der Waals surface area contributed by atoms with Crippen molar-refractivity contribution in [3.8, 4) is 0 Å².